The fourth-order valence-corrected chi connectivity index (χ4v) is 5.55. The van der Waals surface area contributed by atoms with Gasteiger partial charge >= 0.3 is 17.9 Å². The number of esters is 3. The Bertz CT molecular complexity index is 1490. The van der Waals surface area contributed by atoms with Crippen molar-refractivity contribution in [3.8, 4) is 0 Å². The Morgan fingerprint density at radius 3 is 1.15 bits per heavy atom. The third-order valence-corrected chi connectivity index (χ3v) is 9.01. The molecule has 0 heterocycles. The third kappa shape index (κ3) is 46.1. The van der Waals surface area contributed by atoms with Crippen molar-refractivity contribution in [3.63, 3.8) is 0 Å². The smallest absolute Gasteiger partial charge is 0.306 e. The normalized spacial score (nSPS) is 13.5. The number of unbranched alkanes of at least 4 members (excludes halogenated alkanes) is 10. The maximum absolute atomic E-state index is 12.8. The predicted molar refractivity (Wildman–Crippen MR) is 265 cm³/mol. The molecule has 0 aromatic heterocycles. The second-order valence-electron chi connectivity index (χ2n) is 14.8. The first kappa shape index (κ1) is 57.0. The van der Waals surface area contributed by atoms with Gasteiger partial charge in [0.2, 0.25) is 0 Å². The maximum atomic E-state index is 12.8. The number of ether oxygens (including phenoxy) is 3. The van der Waals surface area contributed by atoms with Gasteiger partial charge in [0, 0.05) is 19.3 Å². The van der Waals surface area contributed by atoms with Crippen molar-refractivity contribution in [2.45, 2.75) is 162 Å². The minimum atomic E-state index is -0.832. The molecule has 62 heavy (non-hydrogen) atoms. The lowest BCUT2D eigenvalue weighted by Gasteiger charge is -2.18. The first-order chi connectivity index (χ1) is 30.5. The topological polar surface area (TPSA) is 78.9 Å². The summed E-state index contributed by atoms with van der Waals surface area (Å²) in [5.41, 5.74) is 0. The van der Waals surface area contributed by atoms with Crippen LogP contribution in [0.2, 0.25) is 0 Å². The van der Waals surface area contributed by atoms with E-state index in [2.05, 4.69) is 93.7 Å². The second kappa shape index (κ2) is 48.7. The molecule has 1 unspecified atom stereocenters. The summed E-state index contributed by atoms with van der Waals surface area (Å²) in [4.78, 5) is 37.9. The van der Waals surface area contributed by atoms with Crippen LogP contribution >= 0.6 is 0 Å². The standard InChI is InChI=1S/C56H82O6/c1-4-7-10-13-16-19-22-25-27-28-30-31-34-37-40-43-46-49-55(58)61-52-53(51-60-54(57)48-45-42-39-36-33-24-21-18-15-12-9-6-3)62-56(59)50-47-44-41-38-35-32-29-26-23-20-17-14-11-8-5-2/h7-14,16-23,25-31,33-34,36,53H,4-6,15,24,32,35,37-52H2,1-3H3/b10-7-,11-8-,12-9-,16-13-,17-14-,21-18-,22-19-,23-20-,27-25-,29-26-,30-28+,34-31-,36-33-. The summed E-state index contributed by atoms with van der Waals surface area (Å²) >= 11 is 0. The van der Waals surface area contributed by atoms with Gasteiger partial charge in [0.15, 0.2) is 6.10 Å². The van der Waals surface area contributed by atoms with E-state index < -0.39 is 6.10 Å². The molecule has 0 aliphatic rings. The molecule has 0 aromatic rings. The summed E-state index contributed by atoms with van der Waals surface area (Å²) in [6.07, 6.45) is 70.8. The number of hydrogen-bond acceptors (Lipinski definition) is 6. The Balaban J connectivity index is 4.62. The summed E-state index contributed by atoms with van der Waals surface area (Å²) in [5.74, 6) is -1.05. The SMILES string of the molecule is CC\C=C/C=C\C=C/C=C\C=C\C=C/CCCCCC(=O)OCC(COC(=O)CCCC/C=C\C/C=C\C/C=C\CC)OC(=O)CCCCCCC\C=C/C=C\C=C/C=C\CC. The van der Waals surface area contributed by atoms with Gasteiger partial charge in [-0.3, -0.25) is 14.4 Å². The van der Waals surface area contributed by atoms with Crippen LogP contribution in [0.5, 0.6) is 0 Å². The van der Waals surface area contributed by atoms with Crippen molar-refractivity contribution < 1.29 is 28.6 Å². The van der Waals surface area contributed by atoms with Gasteiger partial charge in [-0.1, -0.05) is 204 Å². The molecule has 0 amide bonds. The van der Waals surface area contributed by atoms with Crippen LogP contribution < -0.4 is 0 Å². The Kier molecular flexibility index (Phi) is 44.8. The lowest BCUT2D eigenvalue weighted by molar-refractivity contribution is -0.167. The van der Waals surface area contributed by atoms with Crippen molar-refractivity contribution in [1.82, 2.24) is 0 Å². The molecule has 0 N–H and O–H groups in total. The van der Waals surface area contributed by atoms with Gasteiger partial charge < -0.3 is 14.2 Å². The number of allylic oxidation sites excluding steroid dienone is 26. The quantitative estimate of drug-likeness (QED) is 0.0202. The number of carbonyl (C=O) groups excluding carboxylic acids is 3. The van der Waals surface area contributed by atoms with Crippen LogP contribution in [-0.2, 0) is 28.6 Å². The predicted octanol–water partition coefficient (Wildman–Crippen LogP) is 15.5. The first-order valence-electron chi connectivity index (χ1n) is 23.6. The average molecular weight is 851 g/mol. The van der Waals surface area contributed by atoms with Crippen LogP contribution in [0.3, 0.4) is 0 Å². The molecule has 0 bridgehead atoms. The van der Waals surface area contributed by atoms with E-state index in [9.17, 15) is 14.4 Å². The zero-order valence-electron chi connectivity index (χ0n) is 38.8. The van der Waals surface area contributed by atoms with E-state index in [4.69, 9.17) is 14.2 Å². The fourth-order valence-electron chi connectivity index (χ4n) is 5.55. The fraction of sp³-hybridized carbons (Fsp3) is 0.482. The van der Waals surface area contributed by atoms with Crippen molar-refractivity contribution in [2.24, 2.45) is 0 Å². The van der Waals surface area contributed by atoms with Crippen molar-refractivity contribution in [2.75, 3.05) is 13.2 Å². The summed E-state index contributed by atoms with van der Waals surface area (Å²) in [6.45, 7) is 6.10. The van der Waals surface area contributed by atoms with Crippen LogP contribution in [0.1, 0.15) is 156 Å². The molecule has 0 fully saturated rings. The number of rotatable bonds is 39. The van der Waals surface area contributed by atoms with Gasteiger partial charge in [-0.2, -0.15) is 0 Å². The van der Waals surface area contributed by atoms with Crippen molar-refractivity contribution in [3.05, 3.63) is 158 Å². The Labute approximate surface area is 378 Å². The minimum absolute atomic E-state index is 0.131. The summed E-state index contributed by atoms with van der Waals surface area (Å²) in [6, 6.07) is 0. The summed E-state index contributed by atoms with van der Waals surface area (Å²) < 4.78 is 16.6. The highest BCUT2D eigenvalue weighted by Crippen LogP contribution is 2.11. The van der Waals surface area contributed by atoms with E-state index in [0.717, 1.165) is 103 Å². The molecule has 0 aromatic carbocycles. The number of hydrogen-bond donors (Lipinski definition) is 0. The highest BCUT2D eigenvalue weighted by Gasteiger charge is 2.19. The van der Waals surface area contributed by atoms with Gasteiger partial charge in [0.1, 0.15) is 13.2 Å². The molecule has 0 spiro atoms. The summed E-state index contributed by atoms with van der Waals surface area (Å²) in [7, 11) is 0. The Hall–Kier alpha value is -4.97. The van der Waals surface area contributed by atoms with Crippen LogP contribution in [0.15, 0.2) is 158 Å². The van der Waals surface area contributed by atoms with Gasteiger partial charge in [-0.05, 0) is 89.9 Å². The summed E-state index contributed by atoms with van der Waals surface area (Å²) in [5, 5.41) is 0. The molecule has 0 saturated heterocycles. The molecule has 6 nitrogen and oxygen atoms in total. The Morgan fingerprint density at radius 2 is 0.661 bits per heavy atom. The van der Waals surface area contributed by atoms with Gasteiger partial charge in [0.25, 0.3) is 0 Å². The van der Waals surface area contributed by atoms with Gasteiger partial charge in [0.05, 0.1) is 0 Å². The van der Waals surface area contributed by atoms with E-state index >= 15 is 0 Å². The van der Waals surface area contributed by atoms with Gasteiger partial charge in [-0.25, -0.2) is 0 Å². The second-order valence-corrected chi connectivity index (χ2v) is 14.8. The van der Waals surface area contributed by atoms with Crippen LogP contribution in [0, 0.1) is 0 Å². The Morgan fingerprint density at radius 1 is 0.339 bits per heavy atom. The molecule has 0 saturated carbocycles. The molecule has 0 aliphatic heterocycles. The molecule has 0 aliphatic carbocycles. The average Bonchev–Trinajstić information content (AvgIpc) is 3.27. The zero-order valence-corrected chi connectivity index (χ0v) is 38.8. The van der Waals surface area contributed by atoms with Crippen LogP contribution in [0.25, 0.3) is 0 Å². The third-order valence-electron chi connectivity index (χ3n) is 9.01. The molecular weight excluding hydrogens is 769 g/mol. The zero-order chi connectivity index (χ0) is 45.1. The largest absolute Gasteiger partial charge is 0.462 e. The maximum Gasteiger partial charge on any atom is 0.306 e. The van der Waals surface area contributed by atoms with E-state index in [-0.39, 0.29) is 50.4 Å². The van der Waals surface area contributed by atoms with Crippen molar-refractivity contribution >= 4 is 17.9 Å². The molecule has 1 atom stereocenters. The van der Waals surface area contributed by atoms with E-state index in [1.54, 1.807) is 0 Å². The van der Waals surface area contributed by atoms with E-state index in [0.29, 0.717) is 12.8 Å². The number of carbonyl (C=O) groups is 3. The van der Waals surface area contributed by atoms with E-state index in [1.165, 1.54) is 0 Å². The lowest BCUT2D eigenvalue weighted by Crippen LogP contribution is -2.30. The first-order valence-corrected chi connectivity index (χ1v) is 23.6. The van der Waals surface area contributed by atoms with Crippen LogP contribution in [0.4, 0.5) is 0 Å². The highest BCUT2D eigenvalue weighted by molar-refractivity contribution is 5.71. The molecule has 0 radical (unpaired) electrons. The highest BCUT2D eigenvalue weighted by atomic mass is 16.6. The lowest BCUT2D eigenvalue weighted by atomic mass is 10.1. The van der Waals surface area contributed by atoms with Crippen molar-refractivity contribution in [1.29, 1.82) is 0 Å². The molecule has 0 rings (SSSR count). The minimum Gasteiger partial charge on any atom is -0.462 e. The molecular formula is C56H82O6. The van der Waals surface area contributed by atoms with Gasteiger partial charge in [-0.15, -0.1) is 0 Å². The monoisotopic (exact) mass is 851 g/mol. The van der Waals surface area contributed by atoms with Crippen LogP contribution in [-0.4, -0.2) is 37.2 Å². The molecule has 6 heteroatoms. The van der Waals surface area contributed by atoms with E-state index in [1.807, 2.05) is 85.1 Å². The molecule has 342 valence electrons.